The molecule has 1 N–H and O–H groups in total. The summed E-state index contributed by atoms with van der Waals surface area (Å²) in [5.41, 5.74) is -0.702. The molecular formula is C14H14BrF2NO3. The molecule has 114 valence electrons. The van der Waals surface area contributed by atoms with Gasteiger partial charge in [-0.05, 0) is 25.0 Å². The van der Waals surface area contributed by atoms with Crippen LogP contribution in [-0.2, 0) is 4.79 Å². The Kier molecular flexibility index (Phi) is 4.92. The first-order valence-corrected chi connectivity index (χ1v) is 7.36. The Morgan fingerprint density at radius 1 is 1.24 bits per heavy atom. The number of hydrogen-bond acceptors (Lipinski definition) is 2. The van der Waals surface area contributed by atoms with Crippen LogP contribution < -0.4 is 0 Å². The zero-order valence-electron chi connectivity index (χ0n) is 11.1. The van der Waals surface area contributed by atoms with Crippen LogP contribution in [0.3, 0.4) is 0 Å². The van der Waals surface area contributed by atoms with Crippen LogP contribution in [0.2, 0.25) is 0 Å². The number of halogens is 3. The number of amides is 1. The van der Waals surface area contributed by atoms with E-state index in [2.05, 4.69) is 15.9 Å². The number of carboxylic acids is 1. The zero-order valence-corrected chi connectivity index (χ0v) is 12.7. The highest BCUT2D eigenvalue weighted by Crippen LogP contribution is 2.27. The third kappa shape index (κ3) is 3.58. The summed E-state index contributed by atoms with van der Waals surface area (Å²) in [4.78, 5) is 24.4. The minimum atomic E-state index is -1.20. The molecule has 0 aliphatic heterocycles. The predicted molar refractivity (Wildman–Crippen MR) is 75.0 cm³/mol. The largest absolute Gasteiger partial charge is 0.480 e. The average Bonchev–Trinajstić information content (AvgIpc) is 2.87. The molecule has 1 aromatic rings. The SMILES string of the molecule is O=C(O)CN(C(=O)c1c(F)cc(Br)cc1F)C1CCCC1. The van der Waals surface area contributed by atoms with Crippen LogP contribution >= 0.6 is 15.9 Å². The lowest BCUT2D eigenvalue weighted by molar-refractivity contribution is -0.138. The predicted octanol–water partition coefficient (Wildman–Crippen LogP) is 3.20. The van der Waals surface area contributed by atoms with Gasteiger partial charge in [0.15, 0.2) is 0 Å². The van der Waals surface area contributed by atoms with E-state index in [1.54, 1.807) is 0 Å². The topological polar surface area (TPSA) is 57.6 Å². The van der Waals surface area contributed by atoms with Crippen LogP contribution in [0.5, 0.6) is 0 Å². The van der Waals surface area contributed by atoms with Crippen LogP contribution in [-0.4, -0.2) is 34.5 Å². The number of nitrogens with zero attached hydrogens (tertiary/aromatic N) is 1. The van der Waals surface area contributed by atoms with E-state index >= 15 is 0 Å². The Hall–Kier alpha value is -1.50. The third-order valence-electron chi connectivity index (χ3n) is 3.55. The average molecular weight is 362 g/mol. The van der Waals surface area contributed by atoms with E-state index in [1.807, 2.05) is 0 Å². The molecule has 1 aliphatic carbocycles. The molecule has 0 radical (unpaired) electrons. The molecule has 4 nitrogen and oxygen atoms in total. The van der Waals surface area contributed by atoms with Crippen molar-refractivity contribution >= 4 is 27.8 Å². The van der Waals surface area contributed by atoms with Gasteiger partial charge in [-0.25, -0.2) is 8.78 Å². The van der Waals surface area contributed by atoms with Gasteiger partial charge in [0.1, 0.15) is 23.7 Å². The highest BCUT2D eigenvalue weighted by atomic mass is 79.9. The van der Waals surface area contributed by atoms with Crippen molar-refractivity contribution in [3.63, 3.8) is 0 Å². The second-order valence-electron chi connectivity index (χ2n) is 5.01. The fourth-order valence-electron chi connectivity index (χ4n) is 2.62. The Balaban J connectivity index is 2.35. The normalized spacial score (nSPS) is 15.2. The fourth-order valence-corrected chi connectivity index (χ4v) is 3.02. The summed E-state index contributed by atoms with van der Waals surface area (Å²) in [6, 6.07) is 1.70. The Labute approximate surface area is 128 Å². The van der Waals surface area contributed by atoms with Crippen LogP contribution in [0.25, 0.3) is 0 Å². The lowest BCUT2D eigenvalue weighted by atomic mass is 10.1. The summed E-state index contributed by atoms with van der Waals surface area (Å²) < 4.78 is 27.9. The third-order valence-corrected chi connectivity index (χ3v) is 4.01. The Bertz CT molecular complexity index is 550. The van der Waals surface area contributed by atoms with E-state index < -0.39 is 35.6 Å². The van der Waals surface area contributed by atoms with Crippen molar-refractivity contribution in [2.45, 2.75) is 31.7 Å². The molecule has 1 saturated carbocycles. The van der Waals surface area contributed by atoms with Gasteiger partial charge in [0.25, 0.3) is 5.91 Å². The maximum atomic E-state index is 13.9. The second-order valence-corrected chi connectivity index (χ2v) is 5.93. The second kappa shape index (κ2) is 6.51. The van der Waals surface area contributed by atoms with Gasteiger partial charge in [-0.1, -0.05) is 28.8 Å². The summed E-state index contributed by atoms with van der Waals surface area (Å²) in [6.45, 7) is -0.557. The molecule has 0 aromatic heterocycles. The van der Waals surface area contributed by atoms with Gasteiger partial charge < -0.3 is 10.0 Å². The molecule has 21 heavy (non-hydrogen) atoms. The number of hydrogen-bond donors (Lipinski definition) is 1. The fraction of sp³-hybridized carbons (Fsp3) is 0.429. The molecule has 0 bridgehead atoms. The number of carboxylic acid groups (broad SMARTS) is 1. The van der Waals surface area contributed by atoms with Crippen molar-refractivity contribution in [3.8, 4) is 0 Å². The maximum Gasteiger partial charge on any atom is 0.323 e. The van der Waals surface area contributed by atoms with Gasteiger partial charge in [0, 0.05) is 10.5 Å². The van der Waals surface area contributed by atoms with Gasteiger partial charge in [0.05, 0.1) is 0 Å². The van der Waals surface area contributed by atoms with Crippen molar-refractivity contribution in [1.82, 2.24) is 4.90 Å². The summed E-state index contributed by atoms with van der Waals surface area (Å²) >= 11 is 2.94. The summed E-state index contributed by atoms with van der Waals surface area (Å²) in [6.07, 6.45) is 3.05. The first kappa shape index (κ1) is 15.9. The van der Waals surface area contributed by atoms with Crippen molar-refractivity contribution in [3.05, 3.63) is 33.8 Å². The Morgan fingerprint density at radius 3 is 2.24 bits per heavy atom. The monoisotopic (exact) mass is 361 g/mol. The van der Waals surface area contributed by atoms with Crippen molar-refractivity contribution in [2.24, 2.45) is 0 Å². The molecule has 1 aliphatic rings. The molecular weight excluding hydrogens is 348 g/mol. The molecule has 0 saturated heterocycles. The van der Waals surface area contributed by atoms with Gasteiger partial charge in [-0.2, -0.15) is 0 Å². The zero-order chi connectivity index (χ0) is 15.6. The van der Waals surface area contributed by atoms with Crippen molar-refractivity contribution in [2.75, 3.05) is 6.54 Å². The first-order valence-electron chi connectivity index (χ1n) is 6.57. The summed E-state index contributed by atoms with van der Waals surface area (Å²) in [5, 5.41) is 8.93. The first-order chi connectivity index (χ1) is 9.90. The number of benzene rings is 1. The summed E-state index contributed by atoms with van der Waals surface area (Å²) in [5.74, 6) is -4.11. The molecule has 0 unspecified atom stereocenters. The van der Waals surface area contributed by atoms with E-state index in [9.17, 15) is 18.4 Å². The number of carbonyl (C=O) groups excluding carboxylic acids is 1. The smallest absolute Gasteiger partial charge is 0.323 e. The van der Waals surface area contributed by atoms with E-state index in [1.165, 1.54) is 0 Å². The molecule has 1 fully saturated rings. The minimum Gasteiger partial charge on any atom is -0.480 e. The molecule has 2 rings (SSSR count). The lowest BCUT2D eigenvalue weighted by Crippen LogP contribution is -2.43. The van der Waals surface area contributed by atoms with Gasteiger partial charge >= 0.3 is 5.97 Å². The molecule has 0 atom stereocenters. The molecule has 0 spiro atoms. The molecule has 0 heterocycles. The van der Waals surface area contributed by atoms with Crippen molar-refractivity contribution in [1.29, 1.82) is 0 Å². The molecule has 1 aromatic carbocycles. The number of carbonyl (C=O) groups is 2. The van der Waals surface area contributed by atoms with Crippen LogP contribution in [0.4, 0.5) is 8.78 Å². The number of aliphatic carboxylic acids is 1. The minimum absolute atomic E-state index is 0.180. The van der Waals surface area contributed by atoms with Gasteiger partial charge in [0.2, 0.25) is 0 Å². The van der Waals surface area contributed by atoms with Gasteiger partial charge in [-0.15, -0.1) is 0 Å². The lowest BCUT2D eigenvalue weighted by Gasteiger charge is -2.27. The molecule has 1 amide bonds. The quantitative estimate of drug-likeness (QED) is 0.895. The number of rotatable bonds is 4. The standard InChI is InChI=1S/C14H14BrF2NO3/c15-8-5-10(16)13(11(17)6-8)14(21)18(7-12(19)20)9-3-1-2-4-9/h5-6,9H,1-4,7H2,(H,19,20). The highest BCUT2D eigenvalue weighted by Gasteiger charge is 2.32. The van der Waals surface area contributed by atoms with Crippen LogP contribution in [0.1, 0.15) is 36.0 Å². The van der Waals surface area contributed by atoms with E-state index in [0.717, 1.165) is 29.9 Å². The van der Waals surface area contributed by atoms with E-state index in [4.69, 9.17) is 5.11 Å². The highest BCUT2D eigenvalue weighted by molar-refractivity contribution is 9.10. The van der Waals surface area contributed by atoms with Gasteiger partial charge in [-0.3, -0.25) is 9.59 Å². The maximum absolute atomic E-state index is 13.9. The van der Waals surface area contributed by atoms with Crippen LogP contribution in [0, 0.1) is 11.6 Å². The van der Waals surface area contributed by atoms with Crippen LogP contribution in [0.15, 0.2) is 16.6 Å². The summed E-state index contributed by atoms with van der Waals surface area (Å²) in [7, 11) is 0. The van der Waals surface area contributed by atoms with Crippen molar-refractivity contribution < 1.29 is 23.5 Å². The molecule has 7 heteroatoms. The van der Waals surface area contributed by atoms with E-state index in [0.29, 0.717) is 12.8 Å². The Morgan fingerprint density at radius 2 is 1.76 bits per heavy atom. The van der Waals surface area contributed by atoms with E-state index in [-0.39, 0.29) is 10.5 Å².